The van der Waals surface area contributed by atoms with Gasteiger partial charge in [-0.3, -0.25) is 0 Å². The lowest BCUT2D eigenvalue weighted by Crippen LogP contribution is -2.43. The van der Waals surface area contributed by atoms with Gasteiger partial charge in [-0.05, 0) is 45.5 Å². The van der Waals surface area contributed by atoms with Gasteiger partial charge in [0.2, 0.25) is 0 Å². The maximum absolute atomic E-state index is 5.76. The van der Waals surface area contributed by atoms with Crippen LogP contribution < -0.4 is 4.74 Å². The molecule has 0 atom stereocenters. The summed E-state index contributed by atoms with van der Waals surface area (Å²) in [6, 6.07) is 8.61. The Kier molecular flexibility index (Phi) is 2.40. The second kappa shape index (κ2) is 3.77. The number of para-hydroxylation sites is 1. The third-order valence-electron chi connectivity index (χ3n) is 4.24. The average molecular weight is 217 g/mol. The molecular weight excluding hydrogens is 198 g/mol. The molecule has 0 unspecified atom stereocenters. The van der Waals surface area contributed by atoms with E-state index in [1.54, 1.807) is 0 Å². The van der Waals surface area contributed by atoms with Crippen molar-refractivity contribution in [1.82, 2.24) is 4.90 Å². The fourth-order valence-corrected chi connectivity index (χ4v) is 3.09. The summed E-state index contributed by atoms with van der Waals surface area (Å²) in [4.78, 5) is 2.43. The SMILES string of the molecule is CN1CCC2(CCOc3ccccc32)CC1. The fraction of sp³-hybridized carbons (Fsp3) is 0.571. The Morgan fingerprint density at radius 1 is 1.12 bits per heavy atom. The molecule has 0 aliphatic carbocycles. The Hall–Kier alpha value is -1.02. The van der Waals surface area contributed by atoms with Crippen molar-refractivity contribution >= 4 is 0 Å². The van der Waals surface area contributed by atoms with Crippen LogP contribution in [-0.4, -0.2) is 31.6 Å². The standard InChI is InChI=1S/C14H19NO/c1-15-9-6-14(7-10-15)8-11-16-13-5-3-2-4-12(13)14/h2-5H,6-11H2,1H3. The van der Waals surface area contributed by atoms with Crippen LogP contribution in [0.5, 0.6) is 5.75 Å². The molecule has 1 spiro atoms. The predicted octanol–water partition coefficient (Wildman–Crippen LogP) is 2.43. The number of fused-ring (bicyclic) bond motifs is 2. The first kappa shape index (κ1) is 10.2. The molecule has 0 saturated carbocycles. The van der Waals surface area contributed by atoms with E-state index in [0.717, 1.165) is 12.4 Å². The Balaban J connectivity index is 1.97. The number of likely N-dealkylation sites (tertiary alicyclic amines) is 1. The highest BCUT2D eigenvalue weighted by atomic mass is 16.5. The van der Waals surface area contributed by atoms with Crippen molar-refractivity contribution in [2.75, 3.05) is 26.7 Å². The van der Waals surface area contributed by atoms with Crippen molar-refractivity contribution in [3.63, 3.8) is 0 Å². The van der Waals surface area contributed by atoms with E-state index in [1.807, 2.05) is 0 Å². The van der Waals surface area contributed by atoms with E-state index in [4.69, 9.17) is 4.74 Å². The molecule has 3 rings (SSSR count). The lowest BCUT2D eigenvalue weighted by Gasteiger charge is -2.44. The van der Waals surface area contributed by atoms with E-state index in [-0.39, 0.29) is 0 Å². The van der Waals surface area contributed by atoms with Crippen molar-refractivity contribution in [3.8, 4) is 5.75 Å². The van der Waals surface area contributed by atoms with E-state index in [9.17, 15) is 0 Å². The minimum Gasteiger partial charge on any atom is -0.493 e. The molecule has 1 aromatic rings. The molecule has 1 saturated heterocycles. The summed E-state index contributed by atoms with van der Waals surface area (Å²) in [5.41, 5.74) is 1.86. The monoisotopic (exact) mass is 217 g/mol. The second-order valence-corrected chi connectivity index (χ2v) is 5.18. The second-order valence-electron chi connectivity index (χ2n) is 5.18. The van der Waals surface area contributed by atoms with E-state index in [0.29, 0.717) is 5.41 Å². The molecule has 2 heteroatoms. The largest absolute Gasteiger partial charge is 0.493 e. The maximum Gasteiger partial charge on any atom is 0.123 e. The predicted molar refractivity (Wildman–Crippen MR) is 65.0 cm³/mol. The molecule has 1 aromatic carbocycles. The first-order chi connectivity index (χ1) is 7.80. The Morgan fingerprint density at radius 2 is 1.88 bits per heavy atom. The number of ether oxygens (including phenoxy) is 1. The first-order valence-electron chi connectivity index (χ1n) is 6.21. The number of hydrogen-bond donors (Lipinski definition) is 0. The molecule has 2 aliphatic rings. The molecule has 0 aromatic heterocycles. The van der Waals surface area contributed by atoms with Crippen molar-refractivity contribution in [2.24, 2.45) is 0 Å². The molecular formula is C14H19NO. The van der Waals surface area contributed by atoms with Crippen LogP contribution in [0, 0.1) is 0 Å². The number of nitrogens with zero attached hydrogens (tertiary/aromatic N) is 1. The third kappa shape index (κ3) is 1.52. The van der Waals surface area contributed by atoms with Gasteiger partial charge in [0, 0.05) is 11.0 Å². The zero-order valence-corrected chi connectivity index (χ0v) is 9.91. The van der Waals surface area contributed by atoms with Gasteiger partial charge in [-0.25, -0.2) is 0 Å². The summed E-state index contributed by atoms with van der Waals surface area (Å²) in [5.74, 6) is 1.12. The van der Waals surface area contributed by atoms with Crippen molar-refractivity contribution in [2.45, 2.75) is 24.7 Å². The normalized spacial score (nSPS) is 23.8. The van der Waals surface area contributed by atoms with Crippen LogP contribution in [-0.2, 0) is 5.41 Å². The van der Waals surface area contributed by atoms with Crippen LogP contribution >= 0.6 is 0 Å². The first-order valence-corrected chi connectivity index (χ1v) is 6.21. The van der Waals surface area contributed by atoms with Gasteiger partial charge in [-0.1, -0.05) is 18.2 Å². The van der Waals surface area contributed by atoms with Crippen LogP contribution in [0.2, 0.25) is 0 Å². The third-order valence-corrected chi connectivity index (χ3v) is 4.24. The highest BCUT2D eigenvalue weighted by Crippen LogP contribution is 2.45. The molecule has 16 heavy (non-hydrogen) atoms. The van der Waals surface area contributed by atoms with Gasteiger partial charge in [0.05, 0.1) is 6.61 Å². The topological polar surface area (TPSA) is 12.5 Å². The lowest BCUT2D eigenvalue weighted by atomic mass is 9.69. The molecule has 0 N–H and O–H groups in total. The molecule has 86 valence electrons. The fourth-order valence-electron chi connectivity index (χ4n) is 3.09. The van der Waals surface area contributed by atoms with Crippen LogP contribution in [0.15, 0.2) is 24.3 Å². The molecule has 0 radical (unpaired) electrons. The van der Waals surface area contributed by atoms with E-state index < -0.39 is 0 Å². The number of hydrogen-bond acceptors (Lipinski definition) is 2. The Labute approximate surface area is 97.2 Å². The number of piperidine rings is 1. The summed E-state index contributed by atoms with van der Waals surface area (Å²) in [6.07, 6.45) is 3.76. The molecule has 0 amide bonds. The number of rotatable bonds is 0. The van der Waals surface area contributed by atoms with Gasteiger partial charge in [0.25, 0.3) is 0 Å². The zero-order valence-electron chi connectivity index (χ0n) is 9.91. The minimum absolute atomic E-state index is 0.404. The van der Waals surface area contributed by atoms with Crippen molar-refractivity contribution in [3.05, 3.63) is 29.8 Å². The van der Waals surface area contributed by atoms with Crippen LogP contribution in [0.4, 0.5) is 0 Å². The van der Waals surface area contributed by atoms with Crippen LogP contribution in [0.3, 0.4) is 0 Å². The number of benzene rings is 1. The van der Waals surface area contributed by atoms with Crippen LogP contribution in [0.25, 0.3) is 0 Å². The quantitative estimate of drug-likeness (QED) is 0.662. The average Bonchev–Trinajstić information content (AvgIpc) is 2.34. The van der Waals surface area contributed by atoms with Gasteiger partial charge in [0.1, 0.15) is 5.75 Å². The summed E-state index contributed by atoms with van der Waals surface area (Å²) in [7, 11) is 2.22. The van der Waals surface area contributed by atoms with Gasteiger partial charge in [0.15, 0.2) is 0 Å². The molecule has 0 bridgehead atoms. The lowest BCUT2D eigenvalue weighted by molar-refractivity contribution is 0.132. The van der Waals surface area contributed by atoms with E-state index in [2.05, 4.69) is 36.2 Å². The molecule has 2 aliphatic heterocycles. The molecule has 2 nitrogen and oxygen atoms in total. The van der Waals surface area contributed by atoms with Crippen molar-refractivity contribution in [1.29, 1.82) is 0 Å². The smallest absolute Gasteiger partial charge is 0.123 e. The Morgan fingerprint density at radius 3 is 2.69 bits per heavy atom. The Bertz CT molecular complexity index is 380. The highest BCUT2D eigenvalue weighted by Gasteiger charge is 2.39. The van der Waals surface area contributed by atoms with Gasteiger partial charge >= 0.3 is 0 Å². The summed E-state index contributed by atoms with van der Waals surface area (Å²) in [5, 5.41) is 0. The summed E-state index contributed by atoms with van der Waals surface area (Å²) in [6.45, 7) is 3.32. The van der Waals surface area contributed by atoms with Gasteiger partial charge in [-0.2, -0.15) is 0 Å². The molecule has 2 heterocycles. The van der Waals surface area contributed by atoms with Crippen molar-refractivity contribution < 1.29 is 4.74 Å². The summed E-state index contributed by atoms with van der Waals surface area (Å²) >= 11 is 0. The van der Waals surface area contributed by atoms with Gasteiger partial charge in [-0.15, -0.1) is 0 Å². The van der Waals surface area contributed by atoms with Gasteiger partial charge < -0.3 is 9.64 Å². The van der Waals surface area contributed by atoms with E-state index >= 15 is 0 Å². The summed E-state index contributed by atoms with van der Waals surface area (Å²) < 4.78 is 5.76. The zero-order chi connectivity index (χ0) is 11.0. The maximum atomic E-state index is 5.76. The molecule has 1 fully saturated rings. The van der Waals surface area contributed by atoms with Crippen LogP contribution in [0.1, 0.15) is 24.8 Å². The highest BCUT2D eigenvalue weighted by molar-refractivity contribution is 5.41. The van der Waals surface area contributed by atoms with E-state index in [1.165, 1.54) is 37.9 Å². The minimum atomic E-state index is 0.404.